The van der Waals surface area contributed by atoms with Gasteiger partial charge in [-0.25, -0.2) is 18.1 Å². The molecule has 0 saturated heterocycles. The van der Waals surface area contributed by atoms with Crippen LogP contribution in [0.2, 0.25) is 0 Å². The molecule has 0 amide bonds. The maximum Gasteiger partial charge on any atom is 0.211 e. The van der Waals surface area contributed by atoms with E-state index in [4.69, 9.17) is 4.74 Å². The van der Waals surface area contributed by atoms with Gasteiger partial charge in [-0.2, -0.15) is 0 Å². The van der Waals surface area contributed by atoms with Gasteiger partial charge in [-0.15, -0.1) is 16.4 Å². The van der Waals surface area contributed by atoms with Gasteiger partial charge in [-0.3, -0.25) is 0 Å². The second kappa shape index (κ2) is 6.50. The van der Waals surface area contributed by atoms with E-state index < -0.39 is 9.84 Å². The molecule has 4 rings (SSSR count). The Balaban J connectivity index is 1.59. The number of ether oxygens (including phenoxy) is 1. The summed E-state index contributed by atoms with van der Waals surface area (Å²) in [5.41, 5.74) is 1.81. The highest BCUT2D eigenvalue weighted by molar-refractivity contribution is 7.92. The third-order valence-corrected chi connectivity index (χ3v) is 6.90. The number of nitrogens with zero attached hydrogens (tertiary/aromatic N) is 4. The molecule has 0 aliphatic carbocycles. The lowest BCUT2D eigenvalue weighted by Gasteiger charge is -2.02. The molecule has 2 aromatic carbocycles. The van der Waals surface area contributed by atoms with Crippen LogP contribution in [-0.4, -0.2) is 35.5 Å². The Kier molecular flexibility index (Phi) is 4.17. The van der Waals surface area contributed by atoms with Crippen LogP contribution in [0.15, 0.2) is 59.1 Å². The van der Waals surface area contributed by atoms with E-state index in [2.05, 4.69) is 15.3 Å². The second-order valence-electron chi connectivity index (χ2n) is 5.56. The summed E-state index contributed by atoms with van der Waals surface area (Å²) < 4.78 is 32.9. The molecule has 0 radical (unpaired) electrons. The average molecular weight is 386 g/mol. The zero-order valence-corrected chi connectivity index (χ0v) is 15.4. The molecule has 0 saturated carbocycles. The van der Waals surface area contributed by atoms with Crippen LogP contribution in [0.3, 0.4) is 0 Å². The maximum atomic E-state index is 12.7. The largest absolute Gasteiger partial charge is 0.497 e. The zero-order chi connectivity index (χ0) is 18.1. The molecular formula is C17H14N4O3S2. The third kappa shape index (κ3) is 3.18. The monoisotopic (exact) mass is 386 g/mol. The van der Waals surface area contributed by atoms with E-state index in [0.717, 1.165) is 27.5 Å². The highest BCUT2D eigenvalue weighted by Gasteiger charge is 2.22. The van der Waals surface area contributed by atoms with Crippen LogP contribution in [0.5, 0.6) is 5.75 Å². The van der Waals surface area contributed by atoms with Crippen molar-refractivity contribution in [3.05, 3.63) is 60.4 Å². The van der Waals surface area contributed by atoms with E-state index in [9.17, 15) is 8.42 Å². The molecule has 4 aromatic rings. The first-order valence-corrected chi connectivity index (χ1v) is 10.2. The zero-order valence-electron chi connectivity index (χ0n) is 13.7. The SMILES string of the molecule is COc1ccc(-n2cc(CS(=O)(=O)c3nc4ccccc4s3)nn2)cc1. The number of para-hydroxylation sites is 1. The Hall–Kier alpha value is -2.78. The summed E-state index contributed by atoms with van der Waals surface area (Å²) in [5.74, 6) is 0.482. The van der Waals surface area contributed by atoms with Crippen LogP contribution in [0.25, 0.3) is 15.9 Å². The summed E-state index contributed by atoms with van der Waals surface area (Å²) in [5, 5.41) is 7.99. The molecule has 7 nitrogen and oxygen atoms in total. The van der Waals surface area contributed by atoms with Crippen molar-refractivity contribution in [1.82, 2.24) is 20.0 Å². The first-order chi connectivity index (χ1) is 12.5. The molecule has 0 aliphatic heterocycles. The lowest BCUT2D eigenvalue weighted by atomic mass is 10.3. The molecule has 0 fully saturated rings. The quantitative estimate of drug-likeness (QED) is 0.524. The van der Waals surface area contributed by atoms with Crippen LogP contribution in [0.1, 0.15) is 5.69 Å². The number of thiazole rings is 1. The minimum absolute atomic E-state index is 0.0951. The number of fused-ring (bicyclic) bond motifs is 1. The Labute approximate surface area is 153 Å². The van der Waals surface area contributed by atoms with Crippen molar-refractivity contribution in [1.29, 1.82) is 0 Å². The number of sulfone groups is 1. The molecular weight excluding hydrogens is 372 g/mol. The van der Waals surface area contributed by atoms with E-state index >= 15 is 0 Å². The first kappa shape index (κ1) is 16.7. The molecule has 0 unspecified atom stereocenters. The summed E-state index contributed by atoms with van der Waals surface area (Å²) in [6, 6.07) is 14.6. The molecule has 0 spiro atoms. The summed E-state index contributed by atoms with van der Waals surface area (Å²) in [6.07, 6.45) is 1.60. The van der Waals surface area contributed by atoms with Gasteiger partial charge < -0.3 is 4.74 Å². The summed E-state index contributed by atoms with van der Waals surface area (Å²) >= 11 is 1.16. The van der Waals surface area contributed by atoms with Crippen molar-refractivity contribution in [2.45, 2.75) is 10.1 Å². The third-order valence-electron chi connectivity index (χ3n) is 3.76. The molecule has 0 atom stereocenters. The number of hydrogen-bond donors (Lipinski definition) is 0. The van der Waals surface area contributed by atoms with Crippen molar-refractivity contribution in [3.63, 3.8) is 0 Å². The van der Waals surface area contributed by atoms with Gasteiger partial charge >= 0.3 is 0 Å². The number of rotatable bonds is 5. The fraction of sp³-hybridized carbons (Fsp3) is 0.118. The van der Waals surface area contributed by atoms with Crippen LogP contribution >= 0.6 is 11.3 Å². The van der Waals surface area contributed by atoms with E-state index in [1.807, 2.05) is 30.3 Å². The van der Waals surface area contributed by atoms with Crippen molar-refractivity contribution < 1.29 is 13.2 Å². The molecule has 132 valence electrons. The van der Waals surface area contributed by atoms with E-state index in [-0.39, 0.29) is 10.1 Å². The van der Waals surface area contributed by atoms with E-state index in [1.54, 1.807) is 31.5 Å². The smallest absolute Gasteiger partial charge is 0.211 e. The Morgan fingerprint density at radius 1 is 1.12 bits per heavy atom. The lowest BCUT2D eigenvalue weighted by molar-refractivity contribution is 0.414. The fourth-order valence-corrected chi connectivity index (χ4v) is 5.00. The standard InChI is InChI=1S/C17H14N4O3S2/c1-24-14-8-6-13(7-9-14)21-10-12(19-20-21)11-26(22,23)17-18-15-4-2-3-5-16(15)25-17/h2-10H,11H2,1H3. The van der Waals surface area contributed by atoms with Gasteiger partial charge in [0.25, 0.3) is 0 Å². The molecule has 9 heteroatoms. The van der Waals surface area contributed by atoms with Crippen molar-refractivity contribution in [2.24, 2.45) is 0 Å². The second-order valence-corrected chi connectivity index (χ2v) is 8.75. The Morgan fingerprint density at radius 2 is 1.88 bits per heavy atom. The van der Waals surface area contributed by atoms with E-state index in [0.29, 0.717) is 11.2 Å². The van der Waals surface area contributed by atoms with Crippen molar-refractivity contribution in [2.75, 3.05) is 7.11 Å². The Bertz CT molecular complexity index is 1130. The van der Waals surface area contributed by atoms with Crippen molar-refractivity contribution >= 4 is 31.4 Å². The van der Waals surface area contributed by atoms with Gasteiger partial charge in [0.05, 0.1) is 34.9 Å². The first-order valence-electron chi connectivity index (χ1n) is 7.69. The molecule has 2 heterocycles. The highest BCUT2D eigenvalue weighted by atomic mass is 32.2. The summed E-state index contributed by atoms with van der Waals surface area (Å²) in [4.78, 5) is 4.23. The van der Waals surface area contributed by atoms with Gasteiger partial charge in [0, 0.05) is 0 Å². The van der Waals surface area contributed by atoms with Gasteiger partial charge in [-0.1, -0.05) is 17.3 Å². The fourth-order valence-electron chi connectivity index (χ4n) is 2.47. The summed E-state index contributed by atoms with van der Waals surface area (Å²) in [7, 11) is -1.99. The summed E-state index contributed by atoms with van der Waals surface area (Å²) in [6.45, 7) is 0. The molecule has 2 aromatic heterocycles. The van der Waals surface area contributed by atoms with Crippen molar-refractivity contribution in [3.8, 4) is 11.4 Å². The molecule has 0 bridgehead atoms. The average Bonchev–Trinajstić information content (AvgIpc) is 3.28. The Morgan fingerprint density at radius 3 is 2.62 bits per heavy atom. The van der Waals surface area contributed by atoms with E-state index in [1.165, 1.54) is 4.68 Å². The number of aromatic nitrogens is 4. The predicted molar refractivity (Wildman–Crippen MR) is 98.4 cm³/mol. The van der Waals surface area contributed by atoms with Crippen LogP contribution in [0, 0.1) is 0 Å². The van der Waals surface area contributed by atoms with Crippen LogP contribution in [0.4, 0.5) is 0 Å². The lowest BCUT2D eigenvalue weighted by Crippen LogP contribution is -2.04. The van der Waals surface area contributed by atoms with Crippen LogP contribution < -0.4 is 4.74 Å². The van der Waals surface area contributed by atoms with Gasteiger partial charge in [0.2, 0.25) is 14.2 Å². The number of hydrogen-bond acceptors (Lipinski definition) is 7. The highest BCUT2D eigenvalue weighted by Crippen LogP contribution is 2.27. The maximum absolute atomic E-state index is 12.7. The van der Waals surface area contributed by atoms with Gasteiger partial charge in [0.1, 0.15) is 11.5 Å². The molecule has 0 aliphatic rings. The molecule has 26 heavy (non-hydrogen) atoms. The predicted octanol–water partition coefficient (Wildman–Crippen LogP) is 2.86. The number of methoxy groups -OCH3 is 1. The minimum atomic E-state index is -3.58. The number of benzene rings is 2. The topological polar surface area (TPSA) is 87.0 Å². The van der Waals surface area contributed by atoms with Gasteiger partial charge in [-0.05, 0) is 36.4 Å². The van der Waals surface area contributed by atoms with Gasteiger partial charge in [0.15, 0.2) is 0 Å². The van der Waals surface area contributed by atoms with Crippen LogP contribution in [-0.2, 0) is 15.6 Å². The normalized spacial score (nSPS) is 11.7. The molecule has 0 N–H and O–H groups in total. The minimum Gasteiger partial charge on any atom is -0.497 e.